The fourth-order valence-electron chi connectivity index (χ4n) is 3.17. The quantitative estimate of drug-likeness (QED) is 0.428. The minimum Gasteiger partial charge on any atom is -0.463 e. The van der Waals surface area contributed by atoms with Gasteiger partial charge in [-0.15, -0.1) is 0 Å². The molecule has 0 amide bonds. The molecule has 0 aliphatic carbocycles. The number of ether oxygens (including phenoxy) is 6. The third kappa shape index (κ3) is 6.81. The van der Waals surface area contributed by atoms with Gasteiger partial charge in [0.05, 0.1) is 0 Å². The molecule has 1 fully saturated rings. The summed E-state index contributed by atoms with van der Waals surface area (Å²) in [6, 6.07) is 6.88. The zero-order chi connectivity index (χ0) is 23.8. The molecule has 174 valence electrons. The molecular formula is C22H26O10. The van der Waals surface area contributed by atoms with E-state index in [0.29, 0.717) is 11.3 Å². The Labute approximate surface area is 185 Å². The molecule has 1 saturated heterocycles. The van der Waals surface area contributed by atoms with E-state index in [4.69, 9.17) is 28.4 Å². The number of carbonyl (C=O) groups excluding carboxylic acids is 4. The maximum absolute atomic E-state index is 11.8. The monoisotopic (exact) mass is 450 g/mol. The van der Waals surface area contributed by atoms with Crippen LogP contribution in [0, 0.1) is 0 Å². The molecule has 10 heteroatoms. The Morgan fingerprint density at radius 2 is 1.44 bits per heavy atom. The van der Waals surface area contributed by atoms with Gasteiger partial charge in [-0.3, -0.25) is 19.2 Å². The van der Waals surface area contributed by atoms with Crippen molar-refractivity contribution in [2.45, 2.75) is 58.4 Å². The second kappa shape index (κ2) is 11.3. The summed E-state index contributed by atoms with van der Waals surface area (Å²) in [6.45, 7) is 8.05. The molecule has 0 N–H and O–H groups in total. The molecule has 0 saturated carbocycles. The van der Waals surface area contributed by atoms with E-state index < -0.39 is 54.6 Å². The maximum atomic E-state index is 11.8. The van der Waals surface area contributed by atoms with Gasteiger partial charge in [-0.05, 0) is 6.07 Å². The Morgan fingerprint density at radius 3 is 2.00 bits per heavy atom. The van der Waals surface area contributed by atoms with E-state index >= 15 is 0 Å². The van der Waals surface area contributed by atoms with E-state index in [-0.39, 0.29) is 6.61 Å². The molecule has 32 heavy (non-hydrogen) atoms. The highest BCUT2D eigenvalue weighted by Gasteiger charge is 2.53. The van der Waals surface area contributed by atoms with Crippen LogP contribution < -0.4 is 4.74 Å². The van der Waals surface area contributed by atoms with Gasteiger partial charge in [0, 0.05) is 33.3 Å². The van der Waals surface area contributed by atoms with Crippen LogP contribution in [0.1, 0.15) is 33.3 Å². The Morgan fingerprint density at radius 1 is 0.875 bits per heavy atom. The molecule has 10 nitrogen and oxygen atoms in total. The summed E-state index contributed by atoms with van der Waals surface area (Å²) in [5.74, 6) is -2.38. The third-order valence-corrected chi connectivity index (χ3v) is 4.33. The number of carbonyl (C=O) groups is 4. The van der Waals surface area contributed by atoms with Crippen molar-refractivity contribution in [2.24, 2.45) is 0 Å². The van der Waals surface area contributed by atoms with Crippen LogP contribution in [0.5, 0.6) is 5.75 Å². The highest BCUT2D eigenvalue weighted by Crippen LogP contribution is 2.32. The van der Waals surface area contributed by atoms with Crippen molar-refractivity contribution in [2.75, 3.05) is 6.61 Å². The number of para-hydroxylation sites is 1. The lowest BCUT2D eigenvalue weighted by Crippen LogP contribution is -2.63. The number of hydrogen-bond donors (Lipinski definition) is 0. The summed E-state index contributed by atoms with van der Waals surface area (Å²) in [6.07, 6.45) is -4.66. The topological polar surface area (TPSA) is 124 Å². The Hall–Kier alpha value is -3.40. The molecule has 1 heterocycles. The zero-order valence-corrected chi connectivity index (χ0v) is 18.3. The molecule has 1 aromatic rings. The molecule has 1 aliphatic rings. The summed E-state index contributed by atoms with van der Waals surface area (Å²) in [4.78, 5) is 46.7. The first-order chi connectivity index (χ1) is 15.1. The zero-order valence-electron chi connectivity index (χ0n) is 18.3. The van der Waals surface area contributed by atoms with Gasteiger partial charge in [0.1, 0.15) is 18.5 Å². The first-order valence-corrected chi connectivity index (χ1v) is 9.81. The van der Waals surface area contributed by atoms with Crippen molar-refractivity contribution in [3.8, 4) is 5.75 Å². The second-order valence-electron chi connectivity index (χ2n) is 6.93. The smallest absolute Gasteiger partial charge is 0.303 e. The summed E-state index contributed by atoms with van der Waals surface area (Å²) in [5.41, 5.74) is 0.625. The first kappa shape index (κ1) is 24.9. The van der Waals surface area contributed by atoms with Crippen LogP contribution in [-0.4, -0.2) is 61.2 Å². The van der Waals surface area contributed by atoms with Crippen molar-refractivity contribution < 1.29 is 47.6 Å². The minimum atomic E-state index is -1.30. The van der Waals surface area contributed by atoms with Gasteiger partial charge in [-0.2, -0.15) is 0 Å². The molecule has 0 unspecified atom stereocenters. The molecule has 2 rings (SSSR count). The number of hydrogen-bond acceptors (Lipinski definition) is 10. The van der Waals surface area contributed by atoms with Crippen molar-refractivity contribution in [1.29, 1.82) is 0 Å². The standard InChI is InChI=1S/C22H26O10/c1-6-16-9-7-8-10-17(16)31-22-21(30-15(5)26)20(29-14(4)25)19(28-13(3)24)18(32-22)11-27-12(2)23/h6-10,18-22H,1,11H2,2-5H3/t18-,19-,20+,21-,22-/m1/s1. The fourth-order valence-corrected chi connectivity index (χ4v) is 3.17. The lowest BCUT2D eigenvalue weighted by molar-refractivity contribution is -0.288. The van der Waals surface area contributed by atoms with Crippen LogP contribution in [0.25, 0.3) is 6.08 Å². The van der Waals surface area contributed by atoms with Crippen molar-refractivity contribution in [3.63, 3.8) is 0 Å². The molecule has 5 atom stereocenters. The molecular weight excluding hydrogens is 424 g/mol. The molecule has 0 aromatic heterocycles. The van der Waals surface area contributed by atoms with Crippen LogP contribution >= 0.6 is 0 Å². The fraction of sp³-hybridized carbons (Fsp3) is 0.455. The van der Waals surface area contributed by atoms with E-state index in [1.165, 1.54) is 6.92 Å². The summed E-state index contributed by atoms with van der Waals surface area (Å²) < 4.78 is 32.9. The molecule has 0 radical (unpaired) electrons. The van der Waals surface area contributed by atoms with Crippen LogP contribution in [0.4, 0.5) is 0 Å². The van der Waals surface area contributed by atoms with E-state index in [1.54, 1.807) is 30.3 Å². The van der Waals surface area contributed by atoms with Crippen molar-refractivity contribution in [1.82, 2.24) is 0 Å². The number of benzene rings is 1. The second-order valence-corrected chi connectivity index (χ2v) is 6.93. The van der Waals surface area contributed by atoms with E-state index in [1.807, 2.05) is 0 Å². The first-order valence-electron chi connectivity index (χ1n) is 9.81. The van der Waals surface area contributed by atoms with Gasteiger partial charge >= 0.3 is 23.9 Å². The number of rotatable bonds is 8. The summed E-state index contributed by atoms with van der Waals surface area (Å²) in [7, 11) is 0. The van der Waals surface area contributed by atoms with Crippen molar-refractivity contribution >= 4 is 30.0 Å². The van der Waals surface area contributed by atoms with E-state index in [0.717, 1.165) is 20.8 Å². The van der Waals surface area contributed by atoms with E-state index in [2.05, 4.69) is 6.58 Å². The van der Waals surface area contributed by atoms with Crippen LogP contribution in [0.3, 0.4) is 0 Å². The lowest BCUT2D eigenvalue weighted by Gasteiger charge is -2.44. The van der Waals surface area contributed by atoms with Crippen LogP contribution in [-0.2, 0) is 42.9 Å². The van der Waals surface area contributed by atoms with Crippen molar-refractivity contribution in [3.05, 3.63) is 36.4 Å². The normalized spacial score (nSPS) is 24.6. The van der Waals surface area contributed by atoms with Crippen LogP contribution in [0.15, 0.2) is 30.8 Å². The SMILES string of the molecule is C=Cc1ccccc1O[C@@H]1O[C@H](COC(C)=O)[C@@H](OC(C)=O)[C@H](OC(C)=O)[C@H]1OC(C)=O. The van der Waals surface area contributed by atoms with Crippen LogP contribution in [0.2, 0.25) is 0 Å². The Kier molecular flexibility index (Phi) is 8.77. The Bertz CT molecular complexity index is 864. The van der Waals surface area contributed by atoms with Gasteiger partial charge < -0.3 is 28.4 Å². The molecule has 1 aromatic carbocycles. The Balaban J connectivity index is 2.49. The maximum Gasteiger partial charge on any atom is 0.303 e. The third-order valence-electron chi connectivity index (χ3n) is 4.33. The highest BCUT2D eigenvalue weighted by atomic mass is 16.7. The minimum absolute atomic E-state index is 0.333. The van der Waals surface area contributed by atoms with E-state index in [9.17, 15) is 19.2 Å². The summed E-state index contributed by atoms with van der Waals surface area (Å²) in [5, 5.41) is 0. The predicted molar refractivity (Wildman–Crippen MR) is 109 cm³/mol. The van der Waals surface area contributed by atoms with Gasteiger partial charge in [0.15, 0.2) is 12.2 Å². The van der Waals surface area contributed by atoms with Gasteiger partial charge in [0.25, 0.3) is 0 Å². The van der Waals surface area contributed by atoms with Gasteiger partial charge in [0.2, 0.25) is 12.4 Å². The van der Waals surface area contributed by atoms with Gasteiger partial charge in [-0.1, -0.05) is 30.9 Å². The number of esters is 4. The molecule has 0 spiro atoms. The lowest BCUT2D eigenvalue weighted by atomic mass is 9.98. The largest absolute Gasteiger partial charge is 0.463 e. The van der Waals surface area contributed by atoms with Gasteiger partial charge in [-0.25, -0.2) is 0 Å². The average Bonchev–Trinajstić information content (AvgIpc) is 2.70. The molecule has 1 aliphatic heterocycles. The average molecular weight is 450 g/mol. The summed E-state index contributed by atoms with van der Waals surface area (Å²) >= 11 is 0. The predicted octanol–water partition coefficient (Wildman–Crippen LogP) is 1.79. The molecule has 0 bridgehead atoms. The highest BCUT2D eigenvalue weighted by molar-refractivity contribution is 5.68.